The predicted octanol–water partition coefficient (Wildman–Crippen LogP) is 3.21. The van der Waals surface area contributed by atoms with Crippen molar-refractivity contribution in [3.05, 3.63) is 60.4 Å². The monoisotopic (exact) mass is 435 g/mol. The number of anilines is 2. The lowest BCUT2D eigenvalue weighted by Crippen LogP contribution is -2.39. The van der Waals surface area contributed by atoms with Gasteiger partial charge in [0.15, 0.2) is 0 Å². The number of aromatic nitrogens is 4. The van der Waals surface area contributed by atoms with Crippen molar-refractivity contribution in [2.24, 2.45) is 0 Å². The summed E-state index contributed by atoms with van der Waals surface area (Å²) in [5, 5.41) is 12.2. The topological polar surface area (TPSA) is 79.6 Å². The second-order valence-electron chi connectivity index (χ2n) is 7.41. The van der Waals surface area contributed by atoms with Crippen molar-refractivity contribution in [1.82, 2.24) is 24.5 Å². The smallest absolute Gasteiger partial charge is 0.214 e. The van der Waals surface area contributed by atoms with Crippen LogP contribution in [0.4, 0.5) is 10.9 Å². The summed E-state index contributed by atoms with van der Waals surface area (Å²) in [4.78, 5) is 12.5. The highest BCUT2D eigenvalue weighted by Gasteiger charge is 2.11. The van der Waals surface area contributed by atoms with E-state index in [4.69, 9.17) is 9.72 Å². The Morgan fingerprint density at radius 3 is 2.68 bits per heavy atom. The first-order valence-electron chi connectivity index (χ1n) is 10.5. The van der Waals surface area contributed by atoms with Crippen LogP contribution >= 0.6 is 11.3 Å². The Labute approximate surface area is 184 Å². The van der Waals surface area contributed by atoms with Gasteiger partial charge in [-0.1, -0.05) is 41.7 Å². The third kappa shape index (κ3) is 5.01. The number of fused-ring (bicyclic) bond motifs is 1. The van der Waals surface area contributed by atoms with Crippen LogP contribution in [0.2, 0.25) is 0 Å². The second kappa shape index (κ2) is 9.42. The summed E-state index contributed by atoms with van der Waals surface area (Å²) in [5.74, 6) is 0.878. The van der Waals surface area contributed by atoms with Gasteiger partial charge in [-0.15, -0.1) is 5.10 Å². The lowest BCUT2D eigenvalue weighted by atomic mass is 10.2. The average molecular weight is 436 g/mol. The molecule has 5 rings (SSSR count). The molecule has 31 heavy (non-hydrogen) atoms. The lowest BCUT2D eigenvalue weighted by molar-refractivity contribution is 0.0398. The van der Waals surface area contributed by atoms with Crippen LogP contribution in [0.5, 0.6) is 0 Å². The van der Waals surface area contributed by atoms with Gasteiger partial charge in [0.1, 0.15) is 5.82 Å². The Bertz CT molecular complexity index is 1070. The SMILES string of the molecule is c1ccc(CNc2nn3cc(-c4ccc(NCCN5CCOCC5)nc4)nc3s2)cc1. The van der Waals surface area contributed by atoms with E-state index in [1.807, 2.05) is 47.2 Å². The lowest BCUT2D eigenvalue weighted by Gasteiger charge is -2.26. The van der Waals surface area contributed by atoms with E-state index in [9.17, 15) is 0 Å². The maximum atomic E-state index is 5.38. The number of ether oxygens (including phenoxy) is 1. The number of hydrogen-bond acceptors (Lipinski definition) is 8. The van der Waals surface area contributed by atoms with E-state index in [1.54, 1.807) is 11.3 Å². The number of nitrogens with one attached hydrogen (secondary N) is 2. The molecule has 1 saturated heterocycles. The molecule has 4 heterocycles. The summed E-state index contributed by atoms with van der Waals surface area (Å²) in [7, 11) is 0. The normalized spacial score (nSPS) is 14.7. The number of benzene rings is 1. The molecule has 0 bridgehead atoms. The van der Waals surface area contributed by atoms with E-state index < -0.39 is 0 Å². The largest absolute Gasteiger partial charge is 0.379 e. The van der Waals surface area contributed by atoms with Gasteiger partial charge in [-0.05, 0) is 17.7 Å². The van der Waals surface area contributed by atoms with Gasteiger partial charge in [-0.2, -0.15) is 0 Å². The first-order valence-corrected chi connectivity index (χ1v) is 11.3. The van der Waals surface area contributed by atoms with Crippen molar-refractivity contribution in [2.75, 3.05) is 50.0 Å². The molecule has 1 fully saturated rings. The Balaban J connectivity index is 1.17. The zero-order valence-electron chi connectivity index (χ0n) is 17.2. The van der Waals surface area contributed by atoms with Crippen LogP contribution in [0, 0.1) is 0 Å². The molecule has 0 unspecified atom stereocenters. The molecule has 0 spiro atoms. The van der Waals surface area contributed by atoms with Crippen LogP contribution in [0.15, 0.2) is 54.9 Å². The molecule has 1 aliphatic heterocycles. The van der Waals surface area contributed by atoms with Gasteiger partial charge in [0, 0.05) is 44.5 Å². The van der Waals surface area contributed by atoms with E-state index in [2.05, 4.69) is 37.7 Å². The molecular weight excluding hydrogens is 410 g/mol. The van der Waals surface area contributed by atoms with Crippen molar-refractivity contribution in [1.29, 1.82) is 0 Å². The van der Waals surface area contributed by atoms with Crippen LogP contribution in [-0.4, -0.2) is 63.9 Å². The highest BCUT2D eigenvalue weighted by molar-refractivity contribution is 7.20. The molecule has 0 atom stereocenters. The molecule has 9 heteroatoms. The highest BCUT2D eigenvalue weighted by Crippen LogP contribution is 2.25. The van der Waals surface area contributed by atoms with E-state index in [0.717, 1.165) is 73.1 Å². The Hall–Kier alpha value is -3.01. The fourth-order valence-corrected chi connectivity index (χ4v) is 4.28. The molecule has 0 amide bonds. The summed E-state index contributed by atoms with van der Waals surface area (Å²) in [6.07, 6.45) is 3.81. The van der Waals surface area contributed by atoms with Gasteiger partial charge < -0.3 is 15.4 Å². The predicted molar refractivity (Wildman–Crippen MR) is 124 cm³/mol. The number of hydrogen-bond donors (Lipinski definition) is 2. The average Bonchev–Trinajstić information content (AvgIpc) is 3.39. The van der Waals surface area contributed by atoms with Crippen LogP contribution in [0.25, 0.3) is 16.2 Å². The summed E-state index contributed by atoms with van der Waals surface area (Å²) in [6.45, 7) is 6.27. The van der Waals surface area contributed by atoms with Gasteiger partial charge in [-0.3, -0.25) is 4.90 Å². The second-order valence-corrected chi connectivity index (χ2v) is 8.37. The summed E-state index contributed by atoms with van der Waals surface area (Å²) >= 11 is 1.54. The number of morpholine rings is 1. The first-order chi connectivity index (χ1) is 15.3. The molecule has 1 aliphatic rings. The molecule has 0 saturated carbocycles. The van der Waals surface area contributed by atoms with Gasteiger partial charge >= 0.3 is 0 Å². The summed E-state index contributed by atoms with van der Waals surface area (Å²) in [5.41, 5.74) is 3.08. The molecule has 160 valence electrons. The Morgan fingerprint density at radius 1 is 1.03 bits per heavy atom. The third-order valence-corrected chi connectivity index (χ3v) is 6.11. The third-order valence-electron chi connectivity index (χ3n) is 5.23. The molecular formula is C22H25N7OS. The van der Waals surface area contributed by atoms with Gasteiger partial charge in [0.25, 0.3) is 0 Å². The van der Waals surface area contributed by atoms with Crippen molar-refractivity contribution >= 4 is 27.2 Å². The number of nitrogens with zero attached hydrogens (tertiary/aromatic N) is 5. The molecule has 8 nitrogen and oxygen atoms in total. The van der Waals surface area contributed by atoms with E-state index in [-0.39, 0.29) is 0 Å². The quantitative estimate of drug-likeness (QED) is 0.440. The molecule has 3 aromatic heterocycles. The summed E-state index contributed by atoms with van der Waals surface area (Å²) < 4.78 is 7.20. The van der Waals surface area contributed by atoms with Crippen molar-refractivity contribution in [2.45, 2.75) is 6.54 Å². The molecule has 2 N–H and O–H groups in total. The number of imidazole rings is 1. The zero-order chi connectivity index (χ0) is 20.9. The minimum atomic E-state index is 0.744. The van der Waals surface area contributed by atoms with Gasteiger partial charge in [0.05, 0.1) is 25.1 Å². The van der Waals surface area contributed by atoms with Crippen LogP contribution in [0.1, 0.15) is 5.56 Å². The number of rotatable bonds is 8. The van der Waals surface area contributed by atoms with E-state index in [1.165, 1.54) is 5.56 Å². The van der Waals surface area contributed by atoms with Crippen molar-refractivity contribution in [3.63, 3.8) is 0 Å². The van der Waals surface area contributed by atoms with Crippen molar-refractivity contribution in [3.8, 4) is 11.3 Å². The Kier molecular flexibility index (Phi) is 6.06. The van der Waals surface area contributed by atoms with E-state index >= 15 is 0 Å². The maximum absolute atomic E-state index is 5.38. The molecule has 4 aromatic rings. The molecule has 0 radical (unpaired) electrons. The van der Waals surface area contributed by atoms with Gasteiger partial charge in [-0.25, -0.2) is 14.5 Å². The minimum absolute atomic E-state index is 0.744. The first kappa shape index (κ1) is 19.9. The fraction of sp³-hybridized carbons (Fsp3) is 0.318. The van der Waals surface area contributed by atoms with Gasteiger partial charge in [0.2, 0.25) is 10.1 Å². The van der Waals surface area contributed by atoms with Crippen molar-refractivity contribution < 1.29 is 4.74 Å². The standard InChI is InChI=1S/C22H25N7OS/c1-2-4-17(5-3-1)14-25-21-27-29-16-19(26-22(29)31-21)18-6-7-20(24-15-18)23-8-9-28-10-12-30-13-11-28/h1-7,15-16H,8-14H2,(H,23,24)(H,25,27). The highest BCUT2D eigenvalue weighted by atomic mass is 32.1. The Morgan fingerprint density at radius 2 is 1.90 bits per heavy atom. The van der Waals surface area contributed by atoms with E-state index in [0.29, 0.717) is 0 Å². The summed E-state index contributed by atoms with van der Waals surface area (Å²) in [6, 6.07) is 14.3. The van der Waals surface area contributed by atoms with Crippen LogP contribution in [-0.2, 0) is 11.3 Å². The number of pyridine rings is 1. The van der Waals surface area contributed by atoms with Crippen LogP contribution < -0.4 is 10.6 Å². The maximum Gasteiger partial charge on any atom is 0.214 e. The fourth-order valence-electron chi connectivity index (χ4n) is 3.50. The van der Waals surface area contributed by atoms with Crippen LogP contribution in [0.3, 0.4) is 0 Å². The molecule has 0 aliphatic carbocycles. The minimum Gasteiger partial charge on any atom is -0.379 e. The zero-order valence-corrected chi connectivity index (χ0v) is 18.0. The molecule has 1 aromatic carbocycles.